The molecule has 2 aromatic carbocycles. The van der Waals surface area contributed by atoms with Crippen molar-refractivity contribution in [3.63, 3.8) is 0 Å². The number of nitrogens with zero attached hydrogens (tertiary/aromatic N) is 3. The molecule has 0 aliphatic carbocycles. The van der Waals surface area contributed by atoms with E-state index in [2.05, 4.69) is 29.3 Å². The summed E-state index contributed by atoms with van der Waals surface area (Å²) in [5, 5.41) is 23.1. The first-order chi connectivity index (χ1) is 14.7. The van der Waals surface area contributed by atoms with Crippen molar-refractivity contribution in [3.05, 3.63) is 48.2 Å². The maximum atomic E-state index is 11.1. The predicted molar refractivity (Wildman–Crippen MR) is 118 cm³/mol. The molecule has 6 nitrogen and oxygen atoms in total. The van der Waals surface area contributed by atoms with Gasteiger partial charge in [0.25, 0.3) is 0 Å². The average molecular weight is 408 g/mol. The minimum absolute atomic E-state index is 0.120. The van der Waals surface area contributed by atoms with E-state index >= 15 is 0 Å². The normalized spacial score (nSPS) is 10.8. The number of aryl methyl sites for hydroxylation is 1. The number of methoxy groups -OCH3 is 1. The fourth-order valence-corrected chi connectivity index (χ4v) is 3.40. The molecule has 0 aliphatic heterocycles. The standard InChI is InChI=1S/C24H29N3O3/c1-4-6-7-8-15-30-24-17(5-2)11-14-20(23(24)28)21-16-25-27-26-22(21)18-9-12-19(29-3)13-10-18/h9-14,16,28H,4-8,15H2,1-3H3. The number of aromatic hydroxyl groups is 1. The summed E-state index contributed by atoms with van der Waals surface area (Å²) in [6.07, 6.45) is 6.86. The molecule has 0 aliphatic rings. The van der Waals surface area contributed by atoms with Gasteiger partial charge in [0.05, 0.1) is 19.9 Å². The van der Waals surface area contributed by atoms with E-state index < -0.39 is 0 Å². The highest BCUT2D eigenvalue weighted by Gasteiger charge is 2.19. The third-order valence-electron chi connectivity index (χ3n) is 5.13. The van der Waals surface area contributed by atoms with Gasteiger partial charge in [-0.25, -0.2) is 0 Å². The van der Waals surface area contributed by atoms with Gasteiger partial charge in [-0.3, -0.25) is 0 Å². The first-order valence-electron chi connectivity index (χ1n) is 10.5. The molecule has 3 aromatic rings. The van der Waals surface area contributed by atoms with Crippen LogP contribution in [0.15, 0.2) is 42.6 Å². The number of phenolic OH excluding ortho intramolecular Hbond substituents is 1. The van der Waals surface area contributed by atoms with Gasteiger partial charge in [0.1, 0.15) is 11.4 Å². The first-order valence-corrected chi connectivity index (χ1v) is 10.5. The van der Waals surface area contributed by atoms with Crippen LogP contribution in [0.4, 0.5) is 0 Å². The molecule has 0 amide bonds. The summed E-state index contributed by atoms with van der Waals surface area (Å²) in [6, 6.07) is 11.4. The van der Waals surface area contributed by atoms with Crippen LogP contribution in [0.25, 0.3) is 22.4 Å². The molecular formula is C24H29N3O3. The average Bonchev–Trinajstić information content (AvgIpc) is 2.80. The maximum Gasteiger partial charge on any atom is 0.166 e. The third-order valence-corrected chi connectivity index (χ3v) is 5.13. The first kappa shape index (κ1) is 21.6. The second-order valence-electron chi connectivity index (χ2n) is 7.14. The number of phenols is 1. The molecule has 6 heteroatoms. The number of rotatable bonds is 10. The SMILES string of the molecule is CCCCCCOc1c(CC)ccc(-c2cnnnc2-c2ccc(OC)cc2)c1O. The smallest absolute Gasteiger partial charge is 0.166 e. The molecule has 0 unspecified atom stereocenters. The van der Waals surface area contributed by atoms with Crippen LogP contribution in [0, 0.1) is 0 Å². The van der Waals surface area contributed by atoms with Crippen LogP contribution in [0.3, 0.4) is 0 Å². The monoisotopic (exact) mass is 407 g/mol. The lowest BCUT2D eigenvalue weighted by Gasteiger charge is -2.16. The van der Waals surface area contributed by atoms with Gasteiger partial charge in [-0.15, -0.1) is 10.2 Å². The van der Waals surface area contributed by atoms with Gasteiger partial charge in [0, 0.05) is 16.7 Å². The van der Waals surface area contributed by atoms with Gasteiger partial charge < -0.3 is 14.6 Å². The van der Waals surface area contributed by atoms with Crippen LogP contribution in [-0.2, 0) is 6.42 Å². The van der Waals surface area contributed by atoms with Crippen LogP contribution in [0.5, 0.6) is 17.2 Å². The largest absolute Gasteiger partial charge is 0.504 e. The van der Waals surface area contributed by atoms with E-state index in [0.717, 1.165) is 36.1 Å². The molecule has 0 radical (unpaired) electrons. The molecule has 0 saturated carbocycles. The quantitative estimate of drug-likeness (QED) is 0.451. The van der Waals surface area contributed by atoms with Gasteiger partial charge in [-0.2, -0.15) is 0 Å². The van der Waals surface area contributed by atoms with Crippen molar-refractivity contribution in [1.29, 1.82) is 0 Å². The fourth-order valence-electron chi connectivity index (χ4n) is 3.40. The molecule has 0 bridgehead atoms. The zero-order chi connectivity index (χ0) is 21.3. The van der Waals surface area contributed by atoms with Crippen LogP contribution in [0.2, 0.25) is 0 Å². The Morgan fingerprint density at radius 2 is 1.73 bits per heavy atom. The molecule has 158 valence electrons. The highest BCUT2D eigenvalue weighted by molar-refractivity contribution is 5.84. The second-order valence-corrected chi connectivity index (χ2v) is 7.14. The Hall–Kier alpha value is -3.15. The van der Waals surface area contributed by atoms with Gasteiger partial charge in [-0.05, 0) is 54.0 Å². The molecule has 1 N–H and O–H groups in total. The van der Waals surface area contributed by atoms with Crippen LogP contribution in [-0.4, -0.2) is 34.2 Å². The summed E-state index contributed by atoms with van der Waals surface area (Å²) >= 11 is 0. The van der Waals surface area contributed by atoms with Crippen LogP contribution >= 0.6 is 0 Å². The number of hydrogen-bond donors (Lipinski definition) is 1. The molecular weight excluding hydrogens is 378 g/mol. The Morgan fingerprint density at radius 1 is 0.933 bits per heavy atom. The lowest BCUT2D eigenvalue weighted by atomic mass is 9.97. The van der Waals surface area contributed by atoms with Crippen LogP contribution in [0.1, 0.15) is 45.1 Å². The molecule has 0 spiro atoms. The summed E-state index contributed by atoms with van der Waals surface area (Å²) in [7, 11) is 1.63. The van der Waals surface area contributed by atoms with Crippen molar-refractivity contribution in [1.82, 2.24) is 15.4 Å². The Balaban J connectivity index is 1.96. The zero-order valence-electron chi connectivity index (χ0n) is 17.9. The van der Waals surface area contributed by atoms with Gasteiger partial charge >= 0.3 is 0 Å². The number of aromatic nitrogens is 3. The van der Waals surface area contributed by atoms with Gasteiger partial charge in [0.15, 0.2) is 11.5 Å². The van der Waals surface area contributed by atoms with Crippen molar-refractivity contribution in [2.24, 2.45) is 0 Å². The Morgan fingerprint density at radius 3 is 2.43 bits per heavy atom. The van der Waals surface area contributed by atoms with E-state index in [9.17, 15) is 5.11 Å². The molecule has 3 rings (SSSR count). The lowest BCUT2D eigenvalue weighted by Crippen LogP contribution is -2.02. The van der Waals surface area contributed by atoms with E-state index in [0.29, 0.717) is 29.2 Å². The Bertz CT molecular complexity index is 958. The lowest BCUT2D eigenvalue weighted by molar-refractivity contribution is 0.287. The van der Waals surface area contributed by atoms with E-state index in [4.69, 9.17) is 9.47 Å². The number of ether oxygens (including phenoxy) is 2. The minimum Gasteiger partial charge on any atom is -0.504 e. The predicted octanol–water partition coefficient (Wildman–Crippen LogP) is 5.44. The molecule has 30 heavy (non-hydrogen) atoms. The summed E-state index contributed by atoms with van der Waals surface area (Å²) in [5.41, 5.74) is 3.81. The highest BCUT2D eigenvalue weighted by atomic mass is 16.5. The van der Waals surface area contributed by atoms with E-state index in [-0.39, 0.29) is 5.75 Å². The summed E-state index contributed by atoms with van der Waals surface area (Å²) in [5.74, 6) is 1.43. The maximum absolute atomic E-state index is 11.1. The minimum atomic E-state index is 0.120. The van der Waals surface area contributed by atoms with Crippen molar-refractivity contribution in [2.75, 3.05) is 13.7 Å². The summed E-state index contributed by atoms with van der Waals surface area (Å²) in [6.45, 7) is 4.82. The fraction of sp³-hybridized carbons (Fsp3) is 0.375. The van der Waals surface area contributed by atoms with Gasteiger partial charge in [-0.1, -0.05) is 39.2 Å². The molecule has 0 atom stereocenters. The second kappa shape index (κ2) is 10.6. The molecule has 1 aromatic heterocycles. The van der Waals surface area contributed by atoms with Crippen molar-refractivity contribution >= 4 is 0 Å². The molecule has 1 heterocycles. The van der Waals surface area contributed by atoms with Crippen molar-refractivity contribution in [3.8, 4) is 39.6 Å². The van der Waals surface area contributed by atoms with Gasteiger partial charge in [0.2, 0.25) is 0 Å². The Labute approximate surface area is 177 Å². The highest BCUT2D eigenvalue weighted by Crippen LogP contribution is 2.42. The Kier molecular flexibility index (Phi) is 7.60. The summed E-state index contributed by atoms with van der Waals surface area (Å²) < 4.78 is 11.3. The van der Waals surface area contributed by atoms with E-state index in [1.54, 1.807) is 13.3 Å². The number of hydrogen-bond acceptors (Lipinski definition) is 6. The molecule has 0 saturated heterocycles. The number of benzene rings is 2. The third kappa shape index (κ3) is 4.87. The topological polar surface area (TPSA) is 77.4 Å². The summed E-state index contributed by atoms with van der Waals surface area (Å²) in [4.78, 5) is 0. The van der Waals surface area contributed by atoms with E-state index in [1.807, 2.05) is 36.4 Å². The zero-order valence-corrected chi connectivity index (χ0v) is 17.9. The molecule has 0 fully saturated rings. The van der Waals surface area contributed by atoms with Crippen LogP contribution < -0.4 is 9.47 Å². The van der Waals surface area contributed by atoms with Crippen molar-refractivity contribution in [2.45, 2.75) is 46.0 Å². The number of unbranched alkanes of at least 4 members (excludes halogenated alkanes) is 3. The van der Waals surface area contributed by atoms with Crippen molar-refractivity contribution < 1.29 is 14.6 Å². The van der Waals surface area contributed by atoms with E-state index in [1.165, 1.54) is 12.8 Å².